The third-order valence-electron chi connectivity index (χ3n) is 3.91. The summed E-state index contributed by atoms with van der Waals surface area (Å²) in [5, 5.41) is 5.75. The Morgan fingerprint density at radius 1 is 1.11 bits per heavy atom. The first-order valence-corrected chi connectivity index (χ1v) is 9.47. The molecular formula is C20H18F3N3S. The maximum absolute atomic E-state index is 12.7. The summed E-state index contributed by atoms with van der Waals surface area (Å²) in [4.78, 5) is 6.10. The highest BCUT2D eigenvalue weighted by Crippen LogP contribution is 2.32. The molecule has 140 valence electrons. The van der Waals surface area contributed by atoms with Crippen molar-refractivity contribution in [2.24, 2.45) is 0 Å². The minimum atomic E-state index is -4.46. The quantitative estimate of drug-likeness (QED) is 0.420. The maximum Gasteiger partial charge on any atom is 0.432 e. The highest BCUT2D eigenvalue weighted by Gasteiger charge is 2.33. The second-order valence-corrected chi connectivity index (χ2v) is 7.10. The number of nitrogens with zero attached hydrogens (tertiary/aromatic N) is 2. The van der Waals surface area contributed by atoms with Crippen LogP contribution in [0.5, 0.6) is 0 Å². The van der Waals surface area contributed by atoms with E-state index in [2.05, 4.69) is 28.8 Å². The number of hydrogen-bond acceptors (Lipinski definition) is 3. The third kappa shape index (κ3) is 4.98. The van der Waals surface area contributed by atoms with Gasteiger partial charge in [0.05, 0.1) is 10.6 Å². The van der Waals surface area contributed by atoms with Crippen molar-refractivity contribution >= 4 is 11.3 Å². The second-order valence-electron chi connectivity index (χ2n) is 6.02. The number of hydrogen-bond donors (Lipinski definition) is 1. The lowest BCUT2D eigenvalue weighted by atomic mass is 10.1. The highest BCUT2D eigenvalue weighted by atomic mass is 32.1. The summed E-state index contributed by atoms with van der Waals surface area (Å²) in [7, 11) is 0. The van der Waals surface area contributed by atoms with E-state index >= 15 is 0 Å². The van der Waals surface area contributed by atoms with Crippen LogP contribution in [0.15, 0.2) is 36.5 Å². The summed E-state index contributed by atoms with van der Waals surface area (Å²) in [6.45, 7) is 2.16. The van der Waals surface area contributed by atoms with Crippen molar-refractivity contribution in [2.75, 3.05) is 0 Å². The second kappa shape index (κ2) is 8.40. The maximum atomic E-state index is 12.7. The van der Waals surface area contributed by atoms with Crippen LogP contribution < -0.4 is 0 Å². The van der Waals surface area contributed by atoms with Crippen molar-refractivity contribution in [2.45, 2.75) is 38.8 Å². The lowest BCUT2D eigenvalue weighted by Gasteiger charge is -2.01. The molecule has 0 amide bonds. The highest BCUT2D eigenvalue weighted by molar-refractivity contribution is 7.16. The molecule has 3 aromatic heterocycles. The zero-order chi connectivity index (χ0) is 19.3. The molecule has 0 aliphatic rings. The lowest BCUT2D eigenvalue weighted by Crippen LogP contribution is -2.04. The van der Waals surface area contributed by atoms with Gasteiger partial charge in [0.2, 0.25) is 0 Å². The molecule has 0 aliphatic heterocycles. The minimum Gasteiger partial charge on any atom is -0.273 e. The van der Waals surface area contributed by atoms with E-state index in [0.717, 1.165) is 34.2 Å². The van der Waals surface area contributed by atoms with Crippen molar-refractivity contribution in [3.05, 3.63) is 47.1 Å². The summed E-state index contributed by atoms with van der Waals surface area (Å²) in [5.41, 5.74) is 0.540. The van der Waals surface area contributed by atoms with Crippen molar-refractivity contribution in [3.63, 3.8) is 0 Å². The van der Waals surface area contributed by atoms with E-state index in [4.69, 9.17) is 0 Å². The van der Waals surface area contributed by atoms with Crippen molar-refractivity contribution < 1.29 is 13.2 Å². The van der Waals surface area contributed by atoms with Gasteiger partial charge in [-0.25, -0.2) is 0 Å². The van der Waals surface area contributed by atoms with Crippen LogP contribution in [0.3, 0.4) is 0 Å². The van der Waals surface area contributed by atoms with Gasteiger partial charge in [-0.05, 0) is 42.3 Å². The van der Waals surface area contributed by atoms with Crippen LogP contribution in [0.4, 0.5) is 13.2 Å². The molecule has 0 atom stereocenters. The van der Waals surface area contributed by atoms with Crippen molar-refractivity contribution in [1.29, 1.82) is 0 Å². The molecule has 0 radical (unpaired) electrons. The summed E-state index contributed by atoms with van der Waals surface area (Å²) in [6.07, 6.45) is 1.48. The van der Waals surface area contributed by atoms with Crippen LogP contribution in [0.1, 0.15) is 43.2 Å². The van der Waals surface area contributed by atoms with Crippen LogP contribution in [-0.4, -0.2) is 15.2 Å². The minimum absolute atomic E-state index is 0.164. The molecule has 0 fully saturated rings. The lowest BCUT2D eigenvalue weighted by molar-refractivity contribution is -0.141. The molecule has 27 heavy (non-hydrogen) atoms. The zero-order valence-electron chi connectivity index (χ0n) is 14.7. The molecule has 3 rings (SSSR count). The Balaban J connectivity index is 1.77. The Bertz CT molecular complexity index is 961. The molecule has 3 aromatic rings. The average molecular weight is 389 g/mol. The number of halogens is 3. The third-order valence-corrected chi connectivity index (χ3v) is 4.96. The number of pyridine rings is 1. The van der Waals surface area contributed by atoms with Gasteiger partial charge >= 0.3 is 6.18 Å². The summed E-state index contributed by atoms with van der Waals surface area (Å²) < 4.78 is 38.2. The fraction of sp³-hybridized carbons (Fsp3) is 0.300. The zero-order valence-corrected chi connectivity index (χ0v) is 15.5. The molecule has 0 unspecified atom stereocenters. The molecular weight excluding hydrogens is 371 g/mol. The summed E-state index contributed by atoms with van der Waals surface area (Å²) in [6, 6.07) is 8.45. The van der Waals surface area contributed by atoms with Gasteiger partial charge in [-0.1, -0.05) is 31.6 Å². The molecule has 0 spiro atoms. The van der Waals surface area contributed by atoms with E-state index in [1.807, 2.05) is 23.3 Å². The predicted octanol–water partition coefficient (Wildman–Crippen LogP) is 6.15. The van der Waals surface area contributed by atoms with E-state index in [1.54, 1.807) is 23.6 Å². The number of alkyl halides is 3. The Morgan fingerprint density at radius 2 is 1.96 bits per heavy atom. The van der Waals surface area contributed by atoms with Gasteiger partial charge in [-0.3, -0.25) is 10.1 Å². The monoisotopic (exact) mass is 389 g/mol. The summed E-state index contributed by atoms with van der Waals surface area (Å²) in [5.74, 6) is 6.35. The number of H-pyrrole nitrogens is 1. The van der Waals surface area contributed by atoms with E-state index in [-0.39, 0.29) is 5.69 Å². The smallest absolute Gasteiger partial charge is 0.273 e. The Hall–Kier alpha value is -2.59. The van der Waals surface area contributed by atoms with Crippen LogP contribution in [-0.2, 0) is 6.18 Å². The Kier molecular flexibility index (Phi) is 5.97. The van der Waals surface area contributed by atoms with Gasteiger partial charge < -0.3 is 0 Å². The number of nitrogens with one attached hydrogen (secondary N) is 1. The Morgan fingerprint density at radius 3 is 2.70 bits per heavy atom. The van der Waals surface area contributed by atoms with Crippen LogP contribution in [0, 0.1) is 11.8 Å². The average Bonchev–Trinajstić information content (AvgIpc) is 3.31. The molecule has 3 nitrogen and oxygen atoms in total. The topological polar surface area (TPSA) is 41.6 Å². The van der Waals surface area contributed by atoms with Crippen LogP contribution in [0.25, 0.3) is 21.8 Å². The SMILES string of the molecule is CCCCCC#Cc1ccc(-c2ccnc(-c3cc(C(F)(F)F)[nH]n3)c2)s1. The first-order chi connectivity index (χ1) is 13.0. The predicted molar refractivity (Wildman–Crippen MR) is 101 cm³/mol. The number of aromatic nitrogens is 3. The molecule has 1 N–H and O–H groups in total. The Labute approximate surface area is 159 Å². The van der Waals surface area contributed by atoms with Crippen molar-refractivity contribution in [3.8, 4) is 33.7 Å². The van der Waals surface area contributed by atoms with E-state index in [1.165, 1.54) is 12.8 Å². The molecule has 0 bridgehead atoms. The normalized spacial score (nSPS) is 11.3. The number of unbranched alkanes of at least 4 members (excludes halogenated alkanes) is 3. The van der Waals surface area contributed by atoms with E-state index in [0.29, 0.717) is 5.69 Å². The van der Waals surface area contributed by atoms with Gasteiger partial charge in [0.25, 0.3) is 0 Å². The van der Waals surface area contributed by atoms with Crippen LogP contribution in [0.2, 0.25) is 0 Å². The van der Waals surface area contributed by atoms with Gasteiger partial charge in [0.15, 0.2) is 0 Å². The largest absolute Gasteiger partial charge is 0.432 e. The first kappa shape index (κ1) is 19.2. The molecule has 3 heterocycles. The van der Waals surface area contributed by atoms with Gasteiger partial charge in [0, 0.05) is 17.5 Å². The van der Waals surface area contributed by atoms with E-state index in [9.17, 15) is 13.2 Å². The molecule has 7 heteroatoms. The first-order valence-electron chi connectivity index (χ1n) is 8.65. The molecule has 0 aromatic carbocycles. The van der Waals surface area contributed by atoms with Crippen LogP contribution >= 0.6 is 11.3 Å². The molecule has 0 saturated carbocycles. The van der Waals surface area contributed by atoms with Crippen molar-refractivity contribution in [1.82, 2.24) is 15.2 Å². The van der Waals surface area contributed by atoms with Gasteiger partial charge in [0.1, 0.15) is 11.4 Å². The number of aromatic amines is 1. The van der Waals surface area contributed by atoms with E-state index < -0.39 is 11.9 Å². The summed E-state index contributed by atoms with van der Waals surface area (Å²) >= 11 is 1.55. The standard InChI is InChI=1S/C20H18F3N3S/c1-2-3-4-5-6-7-15-8-9-18(27-15)14-10-11-24-16(12-14)17-13-19(26-25-17)20(21,22)23/h8-13H,2-5H2,1H3,(H,25,26). The molecule has 0 saturated heterocycles. The van der Waals surface area contributed by atoms with Gasteiger partial charge in [-0.15, -0.1) is 11.3 Å². The number of rotatable bonds is 5. The molecule has 0 aliphatic carbocycles. The number of thiophene rings is 1. The fourth-order valence-corrected chi connectivity index (χ4v) is 3.37. The van der Waals surface area contributed by atoms with Gasteiger partial charge in [-0.2, -0.15) is 18.3 Å². The fourth-order valence-electron chi connectivity index (χ4n) is 2.50.